The van der Waals surface area contributed by atoms with Gasteiger partial charge in [-0.05, 0) is 69.1 Å². The molecule has 0 aromatic rings. The van der Waals surface area contributed by atoms with Crippen molar-refractivity contribution < 1.29 is 80.2 Å². The molecule has 0 saturated heterocycles. The lowest BCUT2D eigenvalue weighted by Crippen LogP contribution is -2.30. The minimum atomic E-state index is -4.97. The molecule has 0 bridgehead atoms. The van der Waals surface area contributed by atoms with Gasteiger partial charge in [-0.2, -0.15) is 0 Å². The SMILES string of the molecule is CCCCCC/C=C\C=C/CCCCCCCC(=O)O[C@H](COC(=O)CCCCCCCCCCCCCCCCCCCCC(C)CC)COP(=O)(O)OCC(O)COP(=O)(O)OC[C@@H](COC(=O)CCCCCCCCCCC(C)C)OC(=O)CCCCCCCCCCC(C)C. The lowest BCUT2D eigenvalue weighted by Gasteiger charge is -2.21. The fraction of sp³-hybridized carbons (Fsp3) is 0.900. The standard InChI is InChI=1S/C80H152O17P2/c1-8-10-11-12-13-14-15-16-21-26-29-32-42-49-56-63-79(84)96-75(67-90-77(82)61-54-47-40-31-28-25-23-20-18-17-19-22-24-27-30-39-46-53-60-73(7)9-2)69-94-98(86,87)92-65-74(81)66-93-99(88,89)95-70-76(97-80(85)64-57-50-43-36-34-38-45-52-59-72(5)6)68-91-78(83)62-55-48-41-35-33-37-44-51-58-71(3)4/h14-16,21,71-76,81H,8-13,17-20,22-70H2,1-7H3,(H,86,87)(H,88,89)/b15-14-,21-16-/t73?,74?,75-,76-/m1/s1. The van der Waals surface area contributed by atoms with Gasteiger partial charge >= 0.3 is 39.5 Å². The topological polar surface area (TPSA) is 237 Å². The molecule has 0 heterocycles. The van der Waals surface area contributed by atoms with Crippen LogP contribution in [0.25, 0.3) is 0 Å². The Balaban J connectivity index is 5.22. The molecule has 0 spiro atoms. The highest BCUT2D eigenvalue weighted by atomic mass is 31.2. The van der Waals surface area contributed by atoms with Crippen LogP contribution in [0, 0.1) is 17.8 Å². The van der Waals surface area contributed by atoms with Crippen LogP contribution in [0.5, 0.6) is 0 Å². The first-order valence-electron chi connectivity index (χ1n) is 40.7. The molecule has 3 N–H and O–H groups in total. The van der Waals surface area contributed by atoms with Crippen molar-refractivity contribution >= 4 is 39.5 Å². The van der Waals surface area contributed by atoms with Gasteiger partial charge < -0.3 is 33.8 Å². The Morgan fingerprint density at radius 1 is 0.333 bits per heavy atom. The number of aliphatic hydroxyl groups excluding tert-OH is 1. The van der Waals surface area contributed by atoms with Crippen molar-refractivity contribution in [3.8, 4) is 0 Å². The number of rotatable bonds is 76. The summed E-state index contributed by atoms with van der Waals surface area (Å²) in [6, 6.07) is 0. The highest BCUT2D eigenvalue weighted by molar-refractivity contribution is 7.47. The Morgan fingerprint density at radius 2 is 0.596 bits per heavy atom. The number of unbranched alkanes of at least 4 members (excludes halogenated alkanes) is 40. The van der Waals surface area contributed by atoms with Crippen LogP contribution in [0.1, 0.15) is 389 Å². The van der Waals surface area contributed by atoms with Crippen LogP contribution >= 0.6 is 15.6 Å². The summed E-state index contributed by atoms with van der Waals surface area (Å²) in [6.07, 6.45) is 60.7. The number of allylic oxidation sites excluding steroid dienone is 4. The summed E-state index contributed by atoms with van der Waals surface area (Å²) < 4.78 is 68.5. The molecule has 0 aromatic carbocycles. The molecule has 17 nitrogen and oxygen atoms in total. The normalized spacial score (nSPS) is 14.4. The highest BCUT2D eigenvalue weighted by Gasteiger charge is 2.30. The molecule has 4 unspecified atom stereocenters. The number of esters is 4. The number of phosphoric acid groups is 2. The second kappa shape index (κ2) is 69.9. The van der Waals surface area contributed by atoms with Gasteiger partial charge in [0.2, 0.25) is 0 Å². The Labute approximate surface area is 605 Å². The van der Waals surface area contributed by atoms with Crippen molar-refractivity contribution in [2.24, 2.45) is 17.8 Å². The van der Waals surface area contributed by atoms with Gasteiger partial charge in [0.05, 0.1) is 26.4 Å². The van der Waals surface area contributed by atoms with Crippen LogP contribution in [0.3, 0.4) is 0 Å². The zero-order valence-corrected chi connectivity index (χ0v) is 66.2. The van der Waals surface area contributed by atoms with Crippen molar-refractivity contribution in [1.82, 2.24) is 0 Å². The maximum atomic E-state index is 13.1. The van der Waals surface area contributed by atoms with Gasteiger partial charge in [-0.15, -0.1) is 0 Å². The van der Waals surface area contributed by atoms with E-state index >= 15 is 0 Å². The smallest absolute Gasteiger partial charge is 0.462 e. The van der Waals surface area contributed by atoms with E-state index in [0.29, 0.717) is 31.6 Å². The van der Waals surface area contributed by atoms with Crippen LogP contribution in [0.15, 0.2) is 24.3 Å². The molecule has 0 amide bonds. The van der Waals surface area contributed by atoms with E-state index in [4.69, 9.17) is 37.0 Å². The summed E-state index contributed by atoms with van der Waals surface area (Å²) in [5.41, 5.74) is 0. The largest absolute Gasteiger partial charge is 0.472 e. The maximum Gasteiger partial charge on any atom is 0.472 e. The van der Waals surface area contributed by atoms with E-state index < -0.39 is 97.5 Å². The molecular formula is C80H152O17P2. The number of hydrogen-bond acceptors (Lipinski definition) is 15. The summed E-state index contributed by atoms with van der Waals surface area (Å²) in [5, 5.41) is 10.6. The molecule has 0 aliphatic carbocycles. The number of carbonyl (C=O) groups is 4. The molecular weight excluding hydrogens is 1290 g/mol. The van der Waals surface area contributed by atoms with E-state index in [9.17, 15) is 43.2 Å². The first kappa shape index (κ1) is 96.5. The zero-order chi connectivity index (χ0) is 73.0. The molecule has 584 valence electrons. The number of ether oxygens (including phenoxy) is 4. The monoisotopic (exact) mass is 1450 g/mol. The lowest BCUT2D eigenvalue weighted by atomic mass is 9.99. The average molecular weight is 1450 g/mol. The van der Waals surface area contributed by atoms with E-state index in [1.807, 2.05) is 0 Å². The Morgan fingerprint density at radius 3 is 0.899 bits per heavy atom. The predicted octanol–water partition coefficient (Wildman–Crippen LogP) is 23.3. The molecule has 0 aromatic heterocycles. The Kier molecular flexibility index (Phi) is 68.1. The van der Waals surface area contributed by atoms with Crippen molar-refractivity contribution in [2.75, 3.05) is 39.6 Å². The minimum absolute atomic E-state index is 0.0852. The minimum Gasteiger partial charge on any atom is -0.462 e. The zero-order valence-electron chi connectivity index (χ0n) is 64.4. The number of hydrogen-bond donors (Lipinski definition) is 3. The third kappa shape index (κ3) is 72.3. The summed E-state index contributed by atoms with van der Waals surface area (Å²) in [4.78, 5) is 72.9. The van der Waals surface area contributed by atoms with Gasteiger partial charge in [-0.25, -0.2) is 9.13 Å². The number of aliphatic hydroxyl groups is 1. The van der Waals surface area contributed by atoms with Gasteiger partial charge in [-0.3, -0.25) is 37.3 Å². The fourth-order valence-electron chi connectivity index (χ4n) is 11.7. The van der Waals surface area contributed by atoms with E-state index in [1.54, 1.807) is 0 Å². The maximum absolute atomic E-state index is 13.1. The molecule has 0 aliphatic rings. The second-order valence-electron chi connectivity index (χ2n) is 29.3. The van der Waals surface area contributed by atoms with Gasteiger partial charge in [0.15, 0.2) is 12.2 Å². The molecule has 99 heavy (non-hydrogen) atoms. The van der Waals surface area contributed by atoms with Crippen LogP contribution in [-0.4, -0.2) is 96.7 Å². The first-order valence-corrected chi connectivity index (χ1v) is 43.7. The van der Waals surface area contributed by atoms with E-state index in [2.05, 4.69) is 72.8 Å². The van der Waals surface area contributed by atoms with Gasteiger partial charge in [0.25, 0.3) is 0 Å². The molecule has 19 heteroatoms. The quantitative estimate of drug-likeness (QED) is 0.0169. The van der Waals surface area contributed by atoms with Crippen molar-refractivity contribution in [3.05, 3.63) is 24.3 Å². The van der Waals surface area contributed by atoms with Crippen molar-refractivity contribution in [3.63, 3.8) is 0 Å². The van der Waals surface area contributed by atoms with Crippen LogP contribution in [-0.2, 0) is 65.4 Å². The lowest BCUT2D eigenvalue weighted by molar-refractivity contribution is -0.161. The van der Waals surface area contributed by atoms with Crippen molar-refractivity contribution in [2.45, 2.75) is 407 Å². The summed E-state index contributed by atoms with van der Waals surface area (Å²) in [6.45, 7) is 11.8. The Bertz CT molecular complexity index is 2020. The second-order valence-corrected chi connectivity index (χ2v) is 32.2. The predicted molar refractivity (Wildman–Crippen MR) is 404 cm³/mol. The van der Waals surface area contributed by atoms with Crippen LogP contribution in [0.4, 0.5) is 0 Å². The third-order valence-corrected chi connectivity index (χ3v) is 20.3. The van der Waals surface area contributed by atoms with E-state index in [1.165, 1.54) is 186 Å². The molecule has 0 radical (unpaired) electrons. The van der Waals surface area contributed by atoms with Gasteiger partial charge in [0.1, 0.15) is 19.3 Å². The fourth-order valence-corrected chi connectivity index (χ4v) is 13.3. The van der Waals surface area contributed by atoms with E-state index in [-0.39, 0.29) is 25.7 Å². The van der Waals surface area contributed by atoms with E-state index in [0.717, 1.165) is 115 Å². The molecule has 0 aliphatic heterocycles. The van der Waals surface area contributed by atoms with Crippen LogP contribution in [0.2, 0.25) is 0 Å². The summed E-state index contributed by atoms with van der Waals surface area (Å²) >= 11 is 0. The summed E-state index contributed by atoms with van der Waals surface area (Å²) in [7, 11) is -9.93. The summed E-state index contributed by atoms with van der Waals surface area (Å²) in [5.74, 6) is 0.167. The Hall–Kier alpha value is -2.46. The average Bonchev–Trinajstić information content (AvgIpc) is 1.16. The number of carbonyl (C=O) groups excluding carboxylic acids is 4. The molecule has 0 saturated carbocycles. The van der Waals surface area contributed by atoms with Crippen molar-refractivity contribution in [1.29, 1.82) is 0 Å². The first-order chi connectivity index (χ1) is 47.8. The number of phosphoric ester groups is 2. The molecule has 0 rings (SSSR count). The highest BCUT2D eigenvalue weighted by Crippen LogP contribution is 2.45. The third-order valence-electron chi connectivity index (χ3n) is 18.4. The van der Waals surface area contributed by atoms with Gasteiger partial charge in [-0.1, -0.05) is 336 Å². The van der Waals surface area contributed by atoms with Crippen LogP contribution < -0.4 is 0 Å². The molecule has 6 atom stereocenters. The molecule has 0 fully saturated rings. The van der Waals surface area contributed by atoms with Gasteiger partial charge in [0, 0.05) is 25.7 Å².